The molecule has 1 amide bonds. The Labute approximate surface area is 153 Å². The average molecular weight is 371 g/mol. The van der Waals surface area contributed by atoms with Gasteiger partial charge in [0.1, 0.15) is 0 Å². The molecule has 134 valence electrons. The number of carbonyl (C=O) groups excluding carboxylic acids is 1. The summed E-state index contributed by atoms with van der Waals surface area (Å²) in [4.78, 5) is 28.1. The van der Waals surface area contributed by atoms with E-state index in [0.717, 1.165) is 23.6 Å². The fourth-order valence-corrected chi connectivity index (χ4v) is 3.72. The highest BCUT2D eigenvalue weighted by atomic mass is 32.1. The normalized spacial score (nSPS) is 14.4. The molecule has 1 aliphatic heterocycles. The molecule has 4 heterocycles. The Balaban J connectivity index is 1.70. The molecule has 26 heavy (non-hydrogen) atoms. The number of hydrogen-bond donors (Lipinski definition) is 3. The van der Waals surface area contributed by atoms with E-state index in [1.54, 1.807) is 30.6 Å². The highest BCUT2D eigenvalue weighted by Gasteiger charge is 2.21. The zero-order chi connectivity index (χ0) is 17.9. The van der Waals surface area contributed by atoms with Gasteiger partial charge in [0.15, 0.2) is 5.82 Å². The van der Waals surface area contributed by atoms with Crippen molar-refractivity contribution in [3.63, 3.8) is 0 Å². The van der Waals surface area contributed by atoms with Crippen molar-refractivity contribution in [2.75, 3.05) is 41.9 Å². The number of ether oxygens (including phenoxy) is 1. The number of nitrogens with zero attached hydrogens (tertiary/aromatic N) is 4. The molecule has 3 aromatic rings. The molecule has 4 rings (SSSR count). The first kappa shape index (κ1) is 16.6. The maximum Gasteiger partial charge on any atom is 0.265 e. The van der Waals surface area contributed by atoms with Crippen LogP contribution < -0.4 is 21.5 Å². The molecule has 0 spiro atoms. The highest BCUT2D eigenvalue weighted by molar-refractivity contribution is 7.21. The van der Waals surface area contributed by atoms with Gasteiger partial charge in [0.2, 0.25) is 5.95 Å². The van der Waals surface area contributed by atoms with Gasteiger partial charge in [-0.25, -0.2) is 10.8 Å². The molecule has 0 atom stereocenters. The Kier molecular flexibility index (Phi) is 4.61. The van der Waals surface area contributed by atoms with Crippen molar-refractivity contribution in [1.82, 2.24) is 15.0 Å². The first-order valence-corrected chi connectivity index (χ1v) is 8.88. The molecule has 0 unspecified atom stereocenters. The SMILES string of the molecule is NNc1nc(N2CCOCC2)c2sc(C(=O)Nc3ccncc3)cc2n1. The topological polar surface area (TPSA) is 118 Å². The third-order valence-corrected chi connectivity index (χ3v) is 5.07. The zero-order valence-corrected chi connectivity index (χ0v) is 14.6. The molecular formula is C16H17N7O2S. The first-order chi connectivity index (χ1) is 12.7. The second kappa shape index (κ2) is 7.20. The minimum Gasteiger partial charge on any atom is -0.378 e. The zero-order valence-electron chi connectivity index (χ0n) is 13.8. The standard InChI is InChI=1S/C16H17N7O2S/c17-22-16-20-11-9-12(15(24)19-10-1-3-18-4-2-10)26-13(11)14(21-16)23-5-7-25-8-6-23/h1-4,9H,5-8,17H2,(H,18,19,24)(H,20,21,22). The van der Waals surface area contributed by atoms with Gasteiger partial charge in [-0.05, 0) is 18.2 Å². The lowest BCUT2D eigenvalue weighted by Crippen LogP contribution is -2.37. The second-order valence-corrected chi connectivity index (χ2v) is 6.68. The van der Waals surface area contributed by atoms with Crippen LogP contribution in [0.4, 0.5) is 17.5 Å². The number of pyridine rings is 1. The molecule has 9 nitrogen and oxygen atoms in total. The van der Waals surface area contributed by atoms with Crippen LogP contribution in [0, 0.1) is 0 Å². The van der Waals surface area contributed by atoms with Gasteiger partial charge >= 0.3 is 0 Å². The molecular weight excluding hydrogens is 354 g/mol. The number of rotatable bonds is 4. The molecule has 0 radical (unpaired) electrons. The molecule has 1 aliphatic rings. The van der Waals surface area contributed by atoms with Crippen molar-refractivity contribution in [3.8, 4) is 0 Å². The monoisotopic (exact) mass is 371 g/mol. The van der Waals surface area contributed by atoms with E-state index in [1.165, 1.54) is 11.3 Å². The summed E-state index contributed by atoms with van der Waals surface area (Å²) < 4.78 is 6.26. The lowest BCUT2D eigenvalue weighted by Gasteiger charge is -2.28. The number of amides is 1. The van der Waals surface area contributed by atoms with Crippen molar-refractivity contribution in [2.45, 2.75) is 0 Å². The van der Waals surface area contributed by atoms with Gasteiger partial charge < -0.3 is 15.0 Å². The van der Waals surface area contributed by atoms with Gasteiger partial charge in [0.05, 0.1) is 28.3 Å². The van der Waals surface area contributed by atoms with Crippen LogP contribution in [0.2, 0.25) is 0 Å². The van der Waals surface area contributed by atoms with Gasteiger partial charge in [-0.3, -0.25) is 15.2 Å². The molecule has 0 aliphatic carbocycles. The summed E-state index contributed by atoms with van der Waals surface area (Å²) in [5, 5.41) is 2.86. The molecule has 1 fully saturated rings. The van der Waals surface area contributed by atoms with E-state index < -0.39 is 0 Å². The Morgan fingerprint density at radius 2 is 2.00 bits per heavy atom. The molecule has 0 saturated carbocycles. The van der Waals surface area contributed by atoms with Crippen molar-refractivity contribution >= 4 is 44.9 Å². The quantitative estimate of drug-likeness (QED) is 0.466. The summed E-state index contributed by atoms with van der Waals surface area (Å²) in [6.45, 7) is 2.73. The summed E-state index contributed by atoms with van der Waals surface area (Å²) in [5.41, 5.74) is 3.86. The van der Waals surface area contributed by atoms with E-state index in [4.69, 9.17) is 10.6 Å². The largest absolute Gasteiger partial charge is 0.378 e. The molecule has 1 saturated heterocycles. The minimum atomic E-state index is -0.200. The fraction of sp³-hybridized carbons (Fsp3) is 0.250. The molecule has 3 aromatic heterocycles. The number of carbonyl (C=O) groups is 1. The number of nitrogen functional groups attached to an aromatic ring is 1. The van der Waals surface area contributed by atoms with Crippen LogP contribution in [-0.2, 0) is 4.74 Å². The predicted octanol–water partition coefficient (Wildman–Crippen LogP) is 1.46. The summed E-state index contributed by atoms with van der Waals surface area (Å²) in [6.07, 6.45) is 3.25. The molecule has 0 aromatic carbocycles. The summed E-state index contributed by atoms with van der Waals surface area (Å²) in [7, 11) is 0. The van der Waals surface area contributed by atoms with Crippen LogP contribution in [0.3, 0.4) is 0 Å². The third kappa shape index (κ3) is 3.29. The van der Waals surface area contributed by atoms with Crippen LogP contribution in [-0.4, -0.2) is 47.2 Å². The van der Waals surface area contributed by atoms with Crippen LogP contribution >= 0.6 is 11.3 Å². The lowest BCUT2D eigenvalue weighted by molar-refractivity contribution is 0.103. The van der Waals surface area contributed by atoms with Crippen LogP contribution in [0.5, 0.6) is 0 Å². The molecule has 10 heteroatoms. The van der Waals surface area contributed by atoms with Crippen LogP contribution in [0.1, 0.15) is 9.67 Å². The van der Waals surface area contributed by atoms with Crippen molar-refractivity contribution in [3.05, 3.63) is 35.5 Å². The second-order valence-electron chi connectivity index (χ2n) is 5.63. The Morgan fingerprint density at radius 1 is 1.23 bits per heavy atom. The summed E-state index contributed by atoms with van der Waals surface area (Å²) in [6, 6.07) is 5.23. The third-order valence-electron chi connectivity index (χ3n) is 3.96. The number of hydrogen-bond acceptors (Lipinski definition) is 9. The number of morpholine rings is 1. The highest BCUT2D eigenvalue weighted by Crippen LogP contribution is 2.33. The maximum absolute atomic E-state index is 12.6. The Morgan fingerprint density at radius 3 is 2.73 bits per heavy atom. The van der Waals surface area contributed by atoms with Crippen molar-refractivity contribution in [1.29, 1.82) is 0 Å². The lowest BCUT2D eigenvalue weighted by atomic mass is 10.3. The van der Waals surface area contributed by atoms with E-state index >= 15 is 0 Å². The average Bonchev–Trinajstić information content (AvgIpc) is 3.13. The van der Waals surface area contributed by atoms with E-state index in [2.05, 4.69) is 30.6 Å². The van der Waals surface area contributed by atoms with Gasteiger partial charge in [-0.2, -0.15) is 4.98 Å². The van der Waals surface area contributed by atoms with Crippen molar-refractivity contribution < 1.29 is 9.53 Å². The Bertz CT molecular complexity index is 925. The maximum atomic E-state index is 12.6. The summed E-state index contributed by atoms with van der Waals surface area (Å²) >= 11 is 1.36. The number of fused-ring (bicyclic) bond motifs is 1. The summed E-state index contributed by atoms with van der Waals surface area (Å²) in [5.74, 6) is 6.39. The number of nitrogens with two attached hydrogens (primary N) is 1. The van der Waals surface area contributed by atoms with E-state index in [1.807, 2.05) is 0 Å². The number of thiophene rings is 1. The van der Waals surface area contributed by atoms with Gasteiger partial charge in [0.25, 0.3) is 5.91 Å². The number of nitrogens with one attached hydrogen (secondary N) is 2. The van der Waals surface area contributed by atoms with Crippen LogP contribution in [0.25, 0.3) is 10.2 Å². The van der Waals surface area contributed by atoms with Gasteiger partial charge in [-0.15, -0.1) is 11.3 Å². The molecule has 0 bridgehead atoms. The minimum absolute atomic E-state index is 0.200. The number of aromatic nitrogens is 3. The molecule has 4 N–H and O–H groups in total. The predicted molar refractivity (Wildman–Crippen MR) is 100 cm³/mol. The fourth-order valence-electron chi connectivity index (χ4n) is 2.71. The Hall–Kier alpha value is -2.82. The van der Waals surface area contributed by atoms with Crippen molar-refractivity contribution in [2.24, 2.45) is 5.84 Å². The number of hydrazine groups is 1. The van der Waals surface area contributed by atoms with E-state index in [-0.39, 0.29) is 5.91 Å². The smallest absolute Gasteiger partial charge is 0.265 e. The first-order valence-electron chi connectivity index (χ1n) is 8.07. The van der Waals surface area contributed by atoms with E-state index in [9.17, 15) is 4.79 Å². The van der Waals surface area contributed by atoms with E-state index in [0.29, 0.717) is 35.2 Å². The van der Waals surface area contributed by atoms with Crippen LogP contribution in [0.15, 0.2) is 30.6 Å². The van der Waals surface area contributed by atoms with Gasteiger partial charge in [-0.1, -0.05) is 0 Å². The van der Waals surface area contributed by atoms with Gasteiger partial charge in [0, 0.05) is 31.2 Å². The number of anilines is 3.